The minimum Gasteiger partial charge on any atom is -0.491 e. The van der Waals surface area contributed by atoms with Gasteiger partial charge in [-0.3, -0.25) is 0 Å². The quantitative estimate of drug-likeness (QED) is 0.405. The van der Waals surface area contributed by atoms with E-state index >= 15 is 0 Å². The summed E-state index contributed by atoms with van der Waals surface area (Å²) in [6.45, 7) is 0.284. The molecule has 3 rings (SSSR count). The predicted octanol–water partition coefficient (Wildman–Crippen LogP) is 4.12. The van der Waals surface area contributed by atoms with Gasteiger partial charge in [0.05, 0.1) is 31.4 Å². The summed E-state index contributed by atoms with van der Waals surface area (Å²) >= 11 is 1.03. The number of nitrogens with two attached hydrogens (primary N) is 1. The molecule has 0 aliphatic heterocycles. The lowest BCUT2D eigenvalue weighted by atomic mass is 10.1. The molecule has 0 bridgehead atoms. The molecule has 0 aliphatic rings. The van der Waals surface area contributed by atoms with Crippen molar-refractivity contribution < 1.29 is 32.5 Å². The Hall–Kier alpha value is -2.57. The monoisotopic (exact) mass is 499 g/mol. The van der Waals surface area contributed by atoms with Crippen molar-refractivity contribution in [3.8, 4) is 16.3 Å². The van der Waals surface area contributed by atoms with Crippen LogP contribution in [0, 0.1) is 0 Å². The van der Waals surface area contributed by atoms with Gasteiger partial charge in [0.25, 0.3) is 0 Å². The molecule has 0 radical (unpaired) electrons. The minimum absolute atomic E-state index is 0.00841. The van der Waals surface area contributed by atoms with Gasteiger partial charge in [0.15, 0.2) is 0 Å². The van der Waals surface area contributed by atoms with E-state index in [0.717, 1.165) is 23.0 Å². The van der Waals surface area contributed by atoms with Crippen LogP contribution in [0.15, 0.2) is 48.5 Å². The Balaban J connectivity index is 0.00000129. The Morgan fingerprint density at radius 2 is 1.74 bits per heavy atom. The molecule has 1 atom stereocenters. The van der Waals surface area contributed by atoms with Crippen molar-refractivity contribution in [2.75, 3.05) is 40.6 Å². The van der Waals surface area contributed by atoms with Crippen LogP contribution in [-0.2, 0) is 22.1 Å². The molecule has 1 aromatic heterocycles. The minimum atomic E-state index is -4.60. The highest BCUT2D eigenvalue weighted by Gasteiger charge is 2.35. The number of rotatable bonds is 10. The zero-order valence-electron chi connectivity index (χ0n) is 18.9. The van der Waals surface area contributed by atoms with Gasteiger partial charge in [0.2, 0.25) is 0 Å². The summed E-state index contributed by atoms with van der Waals surface area (Å²) in [7, 11) is 3.25. The molecule has 0 amide bonds. The Morgan fingerprint density at radius 3 is 2.38 bits per heavy atom. The molecule has 0 saturated carbocycles. The van der Waals surface area contributed by atoms with Crippen LogP contribution >= 0.6 is 11.3 Å². The van der Waals surface area contributed by atoms with E-state index in [1.54, 1.807) is 14.2 Å². The van der Waals surface area contributed by atoms with Crippen molar-refractivity contribution in [2.45, 2.75) is 18.6 Å². The first-order valence-electron chi connectivity index (χ1n) is 10.4. The fourth-order valence-corrected chi connectivity index (χ4v) is 3.57. The molecule has 0 spiro atoms. The van der Waals surface area contributed by atoms with Crippen molar-refractivity contribution in [3.05, 3.63) is 64.7 Å². The molecule has 186 valence electrons. The van der Waals surface area contributed by atoms with Crippen LogP contribution < -0.4 is 10.5 Å². The maximum atomic E-state index is 13.6. The standard InChI is InChI=1S/C21H22F3N3O3S.C2H6O/c22-21(23,24)16-12-15(19-26-27-20(31-19)17(25)13-28)6-7-18(16)30-11-10-29-9-8-14-4-2-1-3-5-14;1-3-2/h1-7,12,17,28H,8-11,13,25H2;1-2H3. The van der Waals surface area contributed by atoms with E-state index in [1.807, 2.05) is 30.3 Å². The average molecular weight is 500 g/mol. The predicted molar refractivity (Wildman–Crippen MR) is 124 cm³/mol. The van der Waals surface area contributed by atoms with Crippen LogP contribution in [0.4, 0.5) is 13.2 Å². The Kier molecular flexibility index (Phi) is 11.4. The number of hydrogen-bond donors (Lipinski definition) is 2. The van der Waals surface area contributed by atoms with E-state index in [4.69, 9.17) is 20.3 Å². The van der Waals surface area contributed by atoms with Crippen LogP contribution in [0.5, 0.6) is 5.75 Å². The molecule has 7 nitrogen and oxygen atoms in total. The Bertz CT molecular complexity index is 987. The SMILES string of the molecule is COC.NC(CO)c1nnc(-c2ccc(OCCOCCc3ccccc3)c(C(F)(F)F)c2)s1. The number of aliphatic hydroxyl groups excluding tert-OH is 1. The van der Waals surface area contributed by atoms with Gasteiger partial charge in [-0.25, -0.2) is 0 Å². The highest BCUT2D eigenvalue weighted by molar-refractivity contribution is 7.14. The van der Waals surface area contributed by atoms with Crippen molar-refractivity contribution >= 4 is 11.3 Å². The van der Waals surface area contributed by atoms with Gasteiger partial charge in [-0.15, -0.1) is 10.2 Å². The third kappa shape index (κ3) is 8.65. The van der Waals surface area contributed by atoms with Crippen molar-refractivity contribution in [3.63, 3.8) is 0 Å². The lowest BCUT2D eigenvalue weighted by Gasteiger charge is -2.15. The number of nitrogens with zero attached hydrogens (tertiary/aromatic N) is 2. The molecule has 0 fully saturated rings. The van der Waals surface area contributed by atoms with E-state index in [-0.39, 0.29) is 36.1 Å². The van der Waals surface area contributed by atoms with Crippen LogP contribution in [-0.4, -0.2) is 56.0 Å². The summed E-state index contributed by atoms with van der Waals surface area (Å²) in [6.07, 6.45) is -3.89. The highest BCUT2D eigenvalue weighted by atomic mass is 32.1. The van der Waals surface area contributed by atoms with Gasteiger partial charge in [0.1, 0.15) is 22.4 Å². The van der Waals surface area contributed by atoms with E-state index in [0.29, 0.717) is 18.0 Å². The number of hydrogen-bond acceptors (Lipinski definition) is 8. The molecular weight excluding hydrogens is 471 g/mol. The Labute approximate surface area is 200 Å². The molecule has 1 unspecified atom stereocenters. The molecule has 2 aromatic carbocycles. The van der Waals surface area contributed by atoms with Gasteiger partial charge in [-0.2, -0.15) is 13.2 Å². The Morgan fingerprint density at radius 1 is 1.03 bits per heavy atom. The molecule has 3 aromatic rings. The molecule has 0 saturated heterocycles. The van der Waals surface area contributed by atoms with Crippen molar-refractivity contribution in [1.29, 1.82) is 0 Å². The lowest BCUT2D eigenvalue weighted by molar-refractivity contribution is -0.139. The maximum Gasteiger partial charge on any atom is 0.419 e. The van der Waals surface area contributed by atoms with E-state index in [1.165, 1.54) is 12.1 Å². The third-order valence-electron chi connectivity index (χ3n) is 4.35. The fraction of sp³-hybridized carbons (Fsp3) is 0.391. The van der Waals surface area contributed by atoms with Gasteiger partial charge in [0, 0.05) is 19.8 Å². The molecule has 3 N–H and O–H groups in total. The number of benzene rings is 2. The average Bonchev–Trinajstić information content (AvgIpc) is 3.32. The summed E-state index contributed by atoms with van der Waals surface area (Å²) in [5.74, 6) is -0.278. The number of methoxy groups -OCH3 is 1. The van der Waals surface area contributed by atoms with Crippen LogP contribution in [0.1, 0.15) is 22.2 Å². The van der Waals surface area contributed by atoms with Crippen LogP contribution in [0.25, 0.3) is 10.6 Å². The van der Waals surface area contributed by atoms with Gasteiger partial charge >= 0.3 is 6.18 Å². The molecular formula is C23H28F3N3O4S. The smallest absolute Gasteiger partial charge is 0.419 e. The number of aromatic nitrogens is 2. The fourth-order valence-electron chi connectivity index (χ4n) is 2.74. The zero-order chi connectivity index (χ0) is 25.0. The van der Waals surface area contributed by atoms with Gasteiger partial charge in [-0.1, -0.05) is 41.7 Å². The number of halogens is 3. The number of aliphatic hydroxyl groups is 1. The number of ether oxygens (including phenoxy) is 3. The second-order valence-corrected chi connectivity index (χ2v) is 8.06. The first-order chi connectivity index (χ1) is 16.3. The lowest BCUT2D eigenvalue weighted by Crippen LogP contribution is -2.13. The van der Waals surface area contributed by atoms with Crippen molar-refractivity contribution in [1.82, 2.24) is 10.2 Å². The zero-order valence-corrected chi connectivity index (χ0v) is 19.7. The largest absolute Gasteiger partial charge is 0.491 e. The van der Waals surface area contributed by atoms with E-state index in [9.17, 15) is 13.2 Å². The van der Waals surface area contributed by atoms with Crippen molar-refractivity contribution in [2.24, 2.45) is 5.73 Å². The van der Waals surface area contributed by atoms with Crippen LogP contribution in [0.2, 0.25) is 0 Å². The molecule has 1 heterocycles. The maximum absolute atomic E-state index is 13.6. The first-order valence-corrected chi connectivity index (χ1v) is 11.2. The molecule has 0 aliphatic carbocycles. The van der Waals surface area contributed by atoms with E-state index < -0.39 is 17.8 Å². The summed E-state index contributed by atoms with van der Waals surface area (Å²) < 4.78 is 55.7. The molecule has 11 heteroatoms. The second-order valence-electron chi connectivity index (χ2n) is 7.05. The van der Waals surface area contributed by atoms with E-state index in [2.05, 4.69) is 14.9 Å². The summed E-state index contributed by atoms with van der Waals surface area (Å²) in [5, 5.41) is 17.4. The third-order valence-corrected chi connectivity index (χ3v) is 5.45. The summed E-state index contributed by atoms with van der Waals surface area (Å²) in [5.41, 5.74) is 6.14. The molecule has 34 heavy (non-hydrogen) atoms. The normalized spacial score (nSPS) is 12.1. The summed E-state index contributed by atoms with van der Waals surface area (Å²) in [6, 6.07) is 12.7. The topological polar surface area (TPSA) is 99.7 Å². The van der Waals surface area contributed by atoms with Gasteiger partial charge < -0.3 is 25.1 Å². The summed E-state index contributed by atoms with van der Waals surface area (Å²) in [4.78, 5) is 0. The second kappa shape index (κ2) is 14.0. The van der Waals surface area contributed by atoms with Crippen LogP contribution in [0.3, 0.4) is 0 Å². The first kappa shape index (κ1) is 27.7. The highest BCUT2D eigenvalue weighted by Crippen LogP contribution is 2.39. The number of alkyl halides is 3. The van der Waals surface area contributed by atoms with Gasteiger partial charge in [-0.05, 0) is 30.2 Å².